The quantitative estimate of drug-likeness (QED) is 0.608. The summed E-state index contributed by atoms with van der Waals surface area (Å²) in [5, 5.41) is 0. The first-order valence-corrected chi connectivity index (χ1v) is 7.41. The molecule has 0 unspecified atom stereocenters. The molecule has 0 fully saturated rings. The molecule has 0 N–H and O–H groups in total. The van der Waals surface area contributed by atoms with Gasteiger partial charge in [-0.1, -0.05) is 0 Å². The van der Waals surface area contributed by atoms with Gasteiger partial charge in [-0.25, -0.2) is 0 Å². The number of nitrogens with zero attached hydrogens (tertiary/aromatic N) is 1. The molecule has 0 aliphatic rings. The second kappa shape index (κ2) is 3.10. The SMILES string of the molecule is FP(F)(F)=NP(=S)(Cl)Cl. The highest BCUT2D eigenvalue weighted by Crippen LogP contribution is 2.70. The lowest BCUT2D eigenvalue weighted by Gasteiger charge is -1.95. The number of rotatable bonds is 1. The van der Waals surface area contributed by atoms with Crippen LogP contribution in [0.3, 0.4) is 0 Å². The van der Waals surface area contributed by atoms with Gasteiger partial charge >= 0.3 is 7.99 Å². The molecule has 0 saturated carbocycles. The summed E-state index contributed by atoms with van der Waals surface area (Å²) in [6.07, 6.45) is 0. The smallest absolute Gasteiger partial charge is 0.154 e. The molecule has 1 nitrogen and oxygen atoms in total. The fourth-order valence-corrected chi connectivity index (χ4v) is 3.19. The Bertz CT molecular complexity index is 182. The Hall–Kier alpha value is 1.25. The average molecular weight is 236 g/mol. The molecular weight excluding hydrogens is 236 g/mol. The van der Waals surface area contributed by atoms with Gasteiger partial charge < -0.3 is 0 Å². The zero-order chi connectivity index (χ0) is 7.71. The highest BCUT2D eigenvalue weighted by Gasteiger charge is 2.20. The first kappa shape index (κ1) is 10.2. The van der Waals surface area contributed by atoms with Crippen molar-refractivity contribution in [2.45, 2.75) is 0 Å². The van der Waals surface area contributed by atoms with E-state index in [1.165, 1.54) is 0 Å². The Kier molecular flexibility index (Phi) is 3.53. The Morgan fingerprint density at radius 2 is 1.56 bits per heavy atom. The standard InChI is InChI=1S/Cl2F3NP2S/c1-7(2,9)6-8(3,4)5. The minimum atomic E-state index is -5.73. The van der Waals surface area contributed by atoms with Crippen LogP contribution in [0.1, 0.15) is 0 Å². The second-order valence-corrected chi connectivity index (χ2v) is 9.61. The maximum atomic E-state index is 11.3. The van der Waals surface area contributed by atoms with Gasteiger partial charge in [0.2, 0.25) is 4.89 Å². The first-order valence-electron chi connectivity index (χ1n) is 1.43. The van der Waals surface area contributed by atoms with Crippen molar-refractivity contribution >= 4 is 47.2 Å². The van der Waals surface area contributed by atoms with Crippen molar-refractivity contribution in [1.29, 1.82) is 0 Å². The van der Waals surface area contributed by atoms with Gasteiger partial charge in [-0.2, -0.15) is 4.52 Å². The van der Waals surface area contributed by atoms with Crippen molar-refractivity contribution in [3.05, 3.63) is 0 Å². The number of hydrogen-bond donors (Lipinski definition) is 0. The molecule has 0 amide bonds. The molecule has 0 aromatic rings. The molecule has 0 aliphatic carbocycles. The monoisotopic (exact) mass is 235 g/mol. The van der Waals surface area contributed by atoms with E-state index in [4.69, 9.17) is 22.5 Å². The molecular formula is Cl2F3NP2S. The van der Waals surface area contributed by atoms with Gasteiger partial charge in [0.05, 0.1) is 0 Å². The van der Waals surface area contributed by atoms with Crippen molar-refractivity contribution in [1.82, 2.24) is 0 Å². The number of hydrogen-bond acceptors (Lipinski definition) is 1. The van der Waals surface area contributed by atoms with E-state index in [1.54, 1.807) is 0 Å². The van der Waals surface area contributed by atoms with Crippen LogP contribution in [0.25, 0.3) is 0 Å². The molecule has 0 bridgehead atoms. The van der Waals surface area contributed by atoms with Gasteiger partial charge in [0.25, 0.3) is 0 Å². The van der Waals surface area contributed by atoms with Crippen molar-refractivity contribution in [2.24, 2.45) is 4.52 Å². The van der Waals surface area contributed by atoms with E-state index < -0.39 is 12.9 Å². The van der Waals surface area contributed by atoms with Crippen molar-refractivity contribution in [2.75, 3.05) is 0 Å². The van der Waals surface area contributed by atoms with E-state index >= 15 is 0 Å². The predicted octanol–water partition coefficient (Wildman–Crippen LogP) is 4.54. The topological polar surface area (TPSA) is 12.4 Å². The van der Waals surface area contributed by atoms with Gasteiger partial charge in [-0.05, 0) is 34.3 Å². The molecule has 0 atom stereocenters. The predicted molar refractivity (Wildman–Crippen MR) is 38.7 cm³/mol. The van der Waals surface area contributed by atoms with Crippen LogP contribution < -0.4 is 0 Å². The van der Waals surface area contributed by atoms with Crippen molar-refractivity contribution in [3.63, 3.8) is 0 Å². The normalized spacial score (nSPS) is 13.4. The van der Waals surface area contributed by atoms with Crippen LogP contribution in [0, 0.1) is 0 Å². The highest BCUT2D eigenvalue weighted by molar-refractivity contribution is 8.39. The van der Waals surface area contributed by atoms with Crippen LogP contribution in [0.5, 0.6) is 0 Å². The van der Waals surface area contributed by atoms with E-state index in [-0.39, 0.29) is 0 Å². The lowest BCUT2D eigenvalue weighted by molar-refractivity contribution is 0.611. The third-order valence-electron chi connectivity index (χ3n) is 0.206. The van der Waals surface area contributed by atoms with Gasteiger partial charge in [-0.3, -0.25) is 0 Å². The molecule has 0 radical (unpaired) electrons. The van der Waals surface area contributed by atoms with Crippen LogP contribution >= 0.6 is 35.4 Å². The molecule has 0 aliphatic heterocycles. The zero-order valence-electron chi connectivity index (χ0n) is 3.64. The largest absolute Gasteiger partial charge is 0.477 e. The Morgan fingerprint density at radius 1 is 1.22 bits per heavy atom. The van der Waals surface area contributed by atoms with Gasteiger partial charge in [0.1, 0.15) is 0 Å². The van der Waals surface area contributed by atoms with Crippen LogP contribution in [0.2, 0.25) is 0 Å². The maximum absolute atomic E-state index is 11.3. The third-order valence-corrected chi connectivity index (χ3v) is 3.72. The Labute approximate surface area is 64.6 Å². The molecule has 9 heavy (non-hydrogen) atoms. The fourth-order valence-electron chi connectivity index (χ4n) is 0.118. The summed E-state index contributed by atoms with van der Waals surface area (Å²) in [6.45, 7) is 0. The fraction of sp³-hybridized carbons (Fsp3) is 0. The van der Waals surface area contributed by atoms with Crippen LogP contribution in [-0.2, 0) is 11.8 Å². The van der Waals surface area contributed by atoms with Crippen molar-refractivity contribution < 1.29 is 12.6 Å². The van der Waals surface area contributed by atoms with Crippen LogP contribution in [0.4, 0.5) is 12.6 Å². The lowest BCUT2D eigenvalue weighted by atomic mass is 13.9. The highest BCUT2D eigenvalue weighted by atomic mass is 35.9. The molecule has 56 valence electrons. The number of halogens is 5. The molecule has 0 aromatic carbocycles. The summed E-state index contributed by atoms with van der Waals surface area (Å²) >= 11 is 13.7. The lowest BCUT2D eigenvalue weighted by Crippen LogP contribution is -1.46. The summed E-state index contributed by atoms with van der Waals surface area (Å²) in [6, 6.07) is 0. The first-order chi connectivity index (χ1) is 3.71. The summed E-state index contributed by atoms with van der Waals surface area (Å²) < 4.78 is 36.0. The van der Waals surface area contributed by atoms with Crippen LogP contribution in [0.15, 0.2) is 4.52 Å². The van der Waals surface area contributed by atoms with Gasteiger partial charge in [0.15, 0.2) is 0 Å². The summed E-state index contributed by atoms with van der Waals surface area (Å²) in [7, 11) is -5.73. The van der Waals surface area contributed by atoms with E-state index in [2.05, 4.69) is 16.3 Å². The zero-order valence-corrected chi connectivity index (χ0v) is 7.76. The molecule has 0 rings (SSSR count). The minimum Gasteiger partial charge on any atom is -0.154 e. The molecule has 0 saturated heterocycles. The van der Waals surface area contributed by atoms with E-state index in [9.17, 15) is 12.6 Å². The van der Waals surface area contributed by atoms with Gasteiger partial charge in [0, 0.05) is 0 Å². The van der Waals surface area contributed by atoms with E-state index in [0.717, 1.165) is 0 Å². The molecule has 0 heterocycles. The molecule has 0 spiro atoms. The van der Waals surface area contributed by atoms with Gasteiger partial charge in [-0.15, -0.1) is 12.6 Å². The summed E-state index contributed by atoms with van der Waals surface area (Å²) in [5.74, 6) is 0. The summed E-state index contributed by atoms with van der Waals surface area (Å²) in [4.78, 5) is -3.46. The minimum absolute atomic E-state index is 2.11. The van der Waals surface area contributed by atoms with Crippen LogP contribution in [-0.4, -0.2) is 0 Å². The Balaban J connectivity index is 4.53. The van der Waals surface area contributed by atoms with E-state index in [1.807, 2.05) is 0 Å². The molecule has 0 aromatic heterocycles. The average Bonchev–Trinajstić information content (AvgIpc) is 1.14. The van der Waals surface area contributed by atoms with E-state index in [0.29, 0.717) is 0 Å². The molecule has 9 heteroatoms. The maximum Gasteiger partial charge on any atom is 0.477 e. The van der Waals surface area contributed by atoms with Crippen molar-refractivity contribution in [3.8, 4) is 0 Å². The third kappa shape index (κ3) is 9.25. The summed E-state index contributed by atoms with van der Waals surface area (Å²) in [5.41, 5.74) is 0. The second-order valence-electron chi connectivity index (χ2n) is 0.943. The Morgan fingerprint density at radius 3 is 1.56 bits per heavy atom.